The molecule has 0 amide bonds. The average molecular weight is 517 g/mol. The zero-order valence-electron chi connectivity index (χ0n) is 18.7. The summed E-state index contributed by atoms with van der Waals surface area (Å²) >= 11 is 12.9. The highest BCUT2D eigenvalue weighted by Gasteiger charge is 2.44. The summed E-state index contributed by atoms with van der Waals surface area (Å²) < 4.78 is 26.8. The fourth-order valence-corrected chi connectivity index (χ4v) is 4.15. The number of rotatable bonds is 8. The van der Waals surface area contributed by atoms with E-state index in [0.29, 0.717) is 5.56 Å². The standard InChI is InChI=1S/C23H26Cl2O9/c1-11-14(22(29)33-10-13-17(26)18(27)19(28)23(31-3)34-13)20(30-2)16(25)21(15(11)24)32-9-12-7-5-4-6-8-12/h4-8,13,17-19,23,26-28H,9-10H2,1-3H3/t13?,17-,18+,19-,23+/m1/s1. The van der Waals surface area contributed by atoms with Crippen LogP contribution in [0.25, 0.3) is 0 Å². The molecule has 2 aromatic carbocycles. The zero-order valence-corrected chi connectivity index (χ0v) is 20.2. The second-order valence-electron chi connectivity index (χ2n) is 7.61. The molecule has 1 heterocycles. The number of hydrogen-bond acceptors (Lipinski definition) is 9. The Morgan fingerprint density at radius 1 is 1.00 bits per heavy atom. The number of methoxy groups -OCH3 is 2. The molecule has 3 rings (SSSR count). The van der Waals surface area contributed by atoms with Crippen molar-refractivity contribution in [3.63, 3.8) is 0 Å². The normalized spacial score (nSPS) is 24.5. The number of aliphatic hydroxyl groups is 3. The van der Waals surface area contributed by atoms with Crippen molar-refractivity contribution in [2.45, 2.75) is 44.2 Å². The molecule has 1 aliphatic rings. The zero-order chi connectivity index (χ0) is 25.0. The maximum Gasteiger partial charge on any atom is 0.342 e. The lowest BCUT2D eigenvalue weighted by molar-refractivity contribution is -0.294. The molecular formula is C23H26Cl2O9. The van der Waals surface area contributed by atoms with Gasteiger partial charge in [0.1, 0.15) is 48.2 Å². The topological polar surface area (TPSA) is 124 Å². The fourth-order valence-electron chi connectivity index (χ4n) is 3.53. The molecule has 34 heavy (non-hydrogen) atoms. The Hall–Kier alpha value is -2.11. The van der Waals surface area contributed by atoms with E-state index < -0.39 is 43.3 Å². The van der Waals surface area contributed by atoms with E-state index in [4.69, 9.17) is 46.9 Å². The summed E-state index contributed by atoms with van der Waals surface area (Å²) in [5.74, 6) is -0.686. The van der Waals surface area contributed by atoms with E-state index in [1.165, 1.54) is 14.2 Å². The van der Waals surface area contributed by atoms with Crippen LogP contribution in [0.5, 0.6) is 11.5 Å². The fraction of sp³-hybridized carbons (Fsp3) is 0.435. The maximum atomic E-state index is 12.9. The predicted molar refractivity (Wildman–Crippen MR) is 122 cm³/mol. The molecule has 2 aromatic rings. The summed E-state index contributed by atoms with van der Waals surface area (Å²) in [6.07, 6.45) is -6.89. The van der Waals surface area contributed by atoms with Gasteiger partial charge < -0.3 is 39.0 Å². The molecule has 0 radical (unpaired) electrons. The van der Waals surface area contributed by atoms with Crippen LogP contribution in [0.4, 0.5) is 0 Å². The second kappa shape index (κ2) is 11.5. The van der Waals surface area contributed by atoms with Gasteiger partial charge in [0, 0.05) is 7.11 Å². The number of aliphatic hydroxyl groups excluding tert-OH is 3. The number of halogens is 2. The van der Waals surface area contributed by atoms with E-state index in [0.717, 1.165) is 5.56 Å². The minimum absolute atomic E-state index is 0.00645. The molecule has 0 bridgehead atoms. The van der Waals surface area contributed by atoms with Gasteiger partial charge >= 0.3 is 5.97 Å². The van der Waals surface area contributed by atoms with Crippen LogP contribution in [-0.2, 0) is 20.8 Å². The summed E-state index contributed by atoms with van der Waals surface area (Å²) in [5.41, 5.74) is 1.17. The molecule has 9 nitrogen and oxygen atoms in total. The van der Waals surface area contributed by atoms with Crippen molar-refractivity contribution in [3.05, 3.63) is 57.1 Å². The van der Waals surface area contributed by atoms with Crippen LogP contribution in [0.1, 0.15) is 21.5 Å². The summed E-state index contributed by atoms with van der Waals surface area (Å²) in [6.45, 7) is 1.33. The van der Waals surface area contributed by atoms with Crippen molar-refractivity contribution in [2.75, 3.05) is 20.8 Å². The monoisotopic (exact) mass is 516 g/mol. The molecule has 0 spiro atoms. The Bertz CT molecular complexity index is 1000. The number of benzene rings is 2. The molecule has 11 heteroatoms. The van der Waals surface area contributed by atoms with Crippen molar-refractivity contribution < 1.29 is 43.8 Å². The smallest absolute Gasteiger partial charge is 0.342 e. The SMILES string of the molecule is COc1c(Cl)c(OCc2ccccc2)c(Cl)c(C)c1C(=O)OCC1O[C@H](OC)[C@H](O)[C@@H](O)[C@@H]1O. The Kier molecular flexibility index (Phi) is 9.00. The molecule has 5 atom stereocenters. The van der Waals surface area contributed by atoms with Gasteiger partial charge in [0.05, 0.1) is 12.1 Å². The van der Waals surface area contributed by atoms with Gasteiger partial charge in [-0.05, 0) is 18.1 Å². The van der Waals surface area contributed by atoms with Crippen LogP contribution in [0.3, 0.4) is 0 Å². The van der Waals surface area contributed by atoms with Crippen molar-refractivity contribution in [2.24, 2.45) is 0 Å². The van der Waals surface area contributed by atoms with Gasteiger partial charge in [-0.1, -0.05) is 53.5 Å². The molecule has 1 fully saturated rings. The summed E-state index contributed by atoms with van der Waals surface area (Å²) in [6, 6.07) is 9.38. The lowest BCUT2D eigenvalue weighted by atomic mass is 9.99. The number of carbonyl (C=O) groups excluding carboxylic acids is 1. The molecule has 0 aromatic heterocycles. The van der Waals surface area contributed by atoms with Crippen molar-refractivity contribution in [1.29, 1.82) is 0 Å². The maximum absolute atomic E-state index is 12.9. The van der Waals surface area contributed by atoms with Gasteiger partial charge in [0.2, 0.25) is 0 Å². The quantitative estimate of drug-likeness (QED) is 0.453. The average Bonchev–Trinajstić information content (AvgIpc) is 2.84. The van der Waals surface area contributed by atoms with E-state index in [1.807, 2.05) is 30.3 Å². The summed E-state index contributed by atoms with van der Waals surface area (Å²) in [5, 5.41) is 30.1. The van der Waals surface area contributed by atoms with Gasteiger partial charge in [-0.25, -0.2) is 4.79 Å². The number of hydrogen-bond donors (Lipinski definition) is 3. The predicted octanol–water partition coefficient (Wildman–Crippen LogP) is 2.50. The minimum atomic E-state index is -1.55. The van der Waals surface area contributed by atoms with Crippen LogP contribution in [0.15, 0.2) is 30.3 Å². The molecule has 1 aliphatic heterocycles. The highest BCUT2D eigenvalue weighted by molar-refractivity contribution is 6.39. The van der Waals surface area contributed by atoms with Crippen LogP contribution in [0.2, 0.25) is 10.0 Å². The first-order valence-electron chi connectivity index (χ1n) is 10.3. The highest BCUT2D eigenvalue weighted by Crippen LogP contribution is 2.45. The van der Waals surface area contributed by atoms with Crippen molar-refractivity contribution in [1.82, 2.24) is 0 Å². The molecule has 0 saturated carbocycles. The first kappa shape index (κ1) is 26.5. The molecule has 1 unspecified atom stereocenters. The number of esters is 1. The van der Waals surface area contributed by atoms with Gasteiger partial charge in [-0.2, -0.15) is 0 Å². The largest absolute Gasteiger partial charge is 0.494 e. The van der Waals surface area contributed by atoms with Gasteiger partial charge in [0.25, 0.3) is 0 Å². The van der Waals surface area contributed by atoms with E-state index >= 15 is 0 Å². The van der Waals surface area contributed by atoms with Gasteiger partial charge in [0.15, 0.2) is 17.8 Å². The Morgan fingerprint density at radius 3 is 2.29 bits per heavy atom. The van der Waals surface area contributed by atoms with E-state index in [2.05, 4.69) is 0 Å². The minimum Gasteiger partial charge on any atom is -0.494 e. The number of carbonyl (C=O) groups is 1. The van der Waals surface area contributed by atoms with Crippen LogP contribution < -0.4 is 9.47 Å². The molecule has 1 saturated heterocycles. The van der Waals surface area contributed by atoms with Crippen LogP contribution >= 0.6 is 23.2 Å². The van der Waals surface area contributed by atoms with Gasteiger partial charge in [-0.15, -0.1) is 0 Å². The van der Waals surface area contributed by atoms with Gasteiger partial charge in [-0.3, -0.25) is 0 Å². The second-order valence-corrected chi connectivity index (χ2v) is 8.37. The molecule has 0 aliphatic carbocycles. The van der Waals surface area contributed by atoms with E-state index in [1.54, 1.807) is 6.92 Å². The van der Waals surface area contributed by atoms with E-state index in [-0.39, 0.29) is 33.7 Å². The highest BCUT2D eigenvalue weighted by atomic mass is 35.5. The third kappa shape index (κ3) is 5.41. The molecule has 3 N–H and O–H groups in total. The lowest BCUT2D eigenvalue weighted by Crippen LogP contribution is -2.59. The number of ether oxygens (including phenoxy) is 5. The third-order valence-corrected chi connectivity index (χ3v) is 6.24. The first-order chi connectivity index (χ1) is 16.2. The van der Waals surface area contributed by atoms with Crippen molar-refractivity contribution in [3.8, 4) is 11.5 Å². The lowest BCUT2D eigenvalue weighted by Gasteiger charge is -2.39. The Labute approximate surface area is 206 Å². The summed E-state index contributed by atoms with van der Waals surface area (Å²) in [7, 11) is 2.60. The first-order valence-corrected chi connectivity index (χ1v) is 11.1. The van der Waals surface area contributed by atoms with Crippen LogP contribution in [0, 0.1) is 6.92 Å². The summed E-state index contributed by atoms with van der Waals surface area (Å²) in [4.78, 5) is 12.9. The Balaban J connectivity index is 1.80. The Morgan fingerprint density at radius 2 is 1.68 bits per heavy atom. The van der Waals surface area contributed by atoms with Crippen LogP contribution in [-0.4, -0.2) is 72.8 Å². The third-order valence-electron chi connectivity index (χ3n) is 5.44. The van der Waals surface area contributed by atoms with E-state index in [9.17, 15) is 20.1 Å². The molecular weight excluding hydrogens is 491 g/mol. The van der Waals surface area contributed by atoms with Crippen molar-refractivity contribution >= 4 is 29.2 Å². The molecule has 186 valence electrons.